The molecule has 1 amide bonds. The molecule has 0 fully saturated rings. The predicted molar refractivity (Wildman–Crippen MR) is 189 cm³/mol. The molecule has 258 valence electrons. The van der Waals surface area contributed by atoms with Crippen molar-refractivity contribution in [3.8, 4) is 0 Å². The van der Waals surface area contributed by atoms with Gasteiger partial charge in [-0.05, 0) is 12.8 Å². The SMILES string of the molecule is CCCCCCCCCCCCCCCCCCOC(CCCCCCCCCCCCCCCCCC)COC(N)=O. The molecule has 0 heterocycles. The maximum absolute atomic E-state index is 11.1. The summed E-state index contributed by atoms with van der Waals surface area (Å²) < 4.78 is 11.2. The molecule has 0 aromatic heterocycles. The van der Waals surface area contributed by atoms with Crippen LogP contribution in [-0.4, -0.2) is 25.4 Å². The van der Waals surface area contributed by atoms with Crippen LogP contribution >= 0.6 is 0 Å². The molecule has 0 saturated heterocycles. The molecular formula is C39H79NO3. The van der Waals surface area contributed by atoms with Crippen LogP contribution < -0.4 is 5.73 Å². The number of primary amides is 1. The first-order valence-electron chi connectivity index (χ1n) is 19.7. The molecule has 1 atom stereocenters. The van der Waals surface area contributed by atoms with Gasteiger partial charge in [0, 0.05) is 6.61 Å². The summed E-state index contributed by atoms with van der Waals surface area (Å²) in [6.07, 6.45) is 44.4. The molecule has 0 aliphatic carbocycles. The van der Waals surface area contributed by atoms with Crippen molar-refractivity contribution in [3.05, 3.63) is 0 Å². The van der Waals surface area contributed by atoms with E-state index in [0.717, 1.165) is 25.9 Å². The van der Waals surface area contributed by atoms with Crippen LogP contribution in [0.15, 0.2) is 0 Å². The number of hydrogen-bond acceptors (Lipinski definition) is 3. The van der Waals surface area contributed by atoms with Gasteiger partial charge in [-0.15, -0.1) is 0 Å². The van der Waals surface area contributed by atoms with E-state index in [9.17, 15) is 4.79 Å². The van der Waals surface area contributed by atoms with E-state index in [4.69, 9.17) is 15.2 Å². The van der Waals surface area contributed by atoms with Crippen molar-refractivity contribution in [1.29, 1.82) is 0 Å². The molecule has 4 heteroatoms. The number of rotatable bonds is 37. The van der Waals surface area contributed by atoms with Crippen LogP contribution in [0, 0.1) is 0 Å². The van der Waals surface area contributed by atoms with Crippen LogP contribution in [0.3, 0.4) is 0 Å². The highest BCUT2D eigenvalue weighted by atomic mass is 16.6. The van der Waals surface area contributed by atoms with Crippen molar-refractivity contribution in [2.75, 3.05) is 13.2 Å². The number of nitrogens with two attached hydrogens (primary N) is 1. The summed E-state index contributed by atoms with van der Waals surface area (Å²) >= 11 is 0. The zero-order valence-electron chi connectivity index (χ0n) is 29.6. The number of unbranched alkanes of at least 4 members (excludes halogenated alkanes) is 30. The van der Waals surface area contributed by atoms with E-state index in [-0.39, 0.29) is 6.10 Å². The van der Waals surface area contributed by atoms with Gasteiger partial charge in [-0.25, -0.2) is 4.79 Å². The largest absolute Gasteiger partial charge is 0.447 e. The zero-order valence-corrected chi connectivity index (χ0v) is 29.6. The predicted octanol–water partition coefficient (Wildman–Crippen LogP) is 13.4. The molecule has 0 saturated carbocycles. The van der Waals surface area contributed by atoms with E-state index in [2.05, 4.69) is 13.8 Å². The maximum atomic E-state index is 11.1. The highest BCUT2D eigenvalue weighted by Crippen LogP contribution is 2.16. The van der Waals surface area contributed by atoms with Crippen LogP contribution in [0.2, 0.25) is 0 Å². The van der Waals surface area contributed by atoms with Crippen LogP contribution in [0.4, 0.5) is 4.79 Å². The van der Waals surface area contributed by atoms with Gasteiger partial charge in [0.15, 0.2) is 0 Å². The standard InChI is InChI=1S/C39H79NO3/c1-3-5-7-9-11-13-15-17-19-21-23-25-27-29-31-33-35-38(37-43-39(40)41)42-36-34-32-30-28-26-24-22-20-18-16-14-12-10-8-6-4-2/h38H,3-37H2,1-2H3,(H2,40,41). The van der Waals surface area contributed by atoms with Crippen LogP contribution in [0.5, 0.6) is 0 Å². The third-order valence-corrected chi connectivity index (χ3v) is 9.14. The Morgan fingerprint density at radius 3 is 1.02 bits per heavy atom. The Hall–Kier alpha value is -0.770. The third-order valence-electron chi connectivity index (χ3n) is 9.14. The Labute approximate surface area is 270 Å². The van der Waals surface area contributed by atoms with E-state index in [1.54, 1.807) is 0 Å². The monoisotopic (exact) mass is 610 g/mol. The van der Waals surface area contributed by atoms with Gasteiger partial charge in [0.05, 0.1) is 6.10 Å². The van der Waals surface area contributed by atoms with E-state index in [0.29, 0.717) is 6.61 Å². The van der Waals surface area contributed by atoms with Gasteiger partial charge in [-0.3, -0.25) is 0 Å². The van der Waals surface area contributed by atoms with Gasteiger partial charge in [-0.2, -0.15) is 0 Å². The van der Waals surface area contributed by atoms with Gasteiger partial charge in [0.2, 0.25) is 0 Å². The second-order valence-corrected chi connectivity index (χ2v) is 13.5. The average Bonchev–Trinajstić information content (AvgIpc) is 3.00. The second kappa shape index (κ2) is 37.4. The molecule has 0 radical (unpaired) electrons. The second-order valence-electron chi connectivity index (χ2n) is 13.5. The molecule has 1 unspecified atom stereocenters. The minimum atomic E-state index is -0.692. The number of carbonyl (C=O) groups excluding carboxylic acids is 1. The van der Waals surface area contributed by atoms with Gasteiger partial charge >= 0.3 is 6.09 Å². The molecule has 0 spiro atoms. The molecular weight excluding hydrogens is 530 g/mol. The Bertz CT molecular complexity index is 527. The molecule has 43 heavy (non-hydrogen) atoms. The number of carbonyl (C=O) groups is 1. The van der Waals surface area contributed by atoms with Crippen molar-refractivity contribution >= 4 is 6.09 Å². The normalized spacial score (nSPS) is 12.1. The fourth-order valence-corrected chi connectivity index (χ4v) is 6.21. The van der Waals surface area contributed by atoms with Crippen molar-refractivity contribution in [3.63, 3.8) is 0 Å². The summed E-state index contributed by atoms with van der Waals surface area (Å²) in [5.41, 5.74) is 5.21. The van der Waals surface area contributed by atoms with Crippen molar-refractivity contribution in [2.24, 2.45) is 5.73 Å². The van der Waals surface area contributed by atoms with E-state index in [1.807, 2.05) is 0 Å². The lowest BCUT2D eigenvalue weighted by molar-refractivity contribution is -0.000400. The van der Waals surface area contributed by atoms with E-state index < -0.39 is 6.09 Å². The summed E-state index contributed by atoms with van der Waals surface area (Å²) in [5.74, 6) is 0. The first-order chi connectivity index (χ1) is 21.2. The molecule has 0 bridgehead atoms. The summed E-state index contributed by atoms with van der Waals surface area (Å²) in [5, 5.41) is 0. The van der Waals surface area contributed by atoms with Gasteiger partial charge in [-0.1, -0.05) is 213 Å². The van der Waals surface area contributed by atoms with Gasteiger partial charge < -0.3 is 15.2 Å². The highest BCUT2D eigenvalue weighted by Gasteiger charge is 2.11. The molecule has 0 rings (SSSR count). The Morgan fingerprint density at radius 2 is 0.721 bits per heavy atom. The Balaban J connectivity index is 3.54. The summed E-state index contributed by atoms with van der Waals surface area (Å²) in [7, 11) is 0. The van der Waals surface area contributed by atoms with E-state index in [1.165, 1.54) is 193 Å². The summed E-state index contributed by atoms with van der Waals surface area (Å²) in [4.78, 5) is 11.1. The van der Waals surface area contributed by atoms with Crippen molar-refractivity contribution in [1.82, 2.24) is 0 Å². The van der Waals surface area contributed by atoms with Crippen LogP contribution in [0.1, 0.15) is 226 Å². The number of ether oxygens (including phenoxy) is 2. The van der Waals surface area contributed by atoms with E-state index >= 15 is 0 Å². The minimum absolute atomic E-state index is 0.00418. The number of amides is 1. The lowest BCUT2D eigenvalue weighted by atomic mass is 10.0. The third kappa shape index (κ3) is 37.3. The summed E-state index contributed by atoms with van der Waals surface area (Å²) in [6, 6.07) is 0. The summed E-state index contributed by atoms with van der Waals surface area (Å²) in [6.45, 7) is 5.65. The molecule has 4 nitrogen and oxygen atoms in total. The minimum Gasteiger partial charge on any atom is -0.447 e. The zero-order chi connectivity index (χ0) is 31.3. The number of hydrogen-bond donors (Lipinski definition) is 1. The quantitative estimate of drug-likeness (QED) is 0.0713. The van der Waals surface area contributed by atoms with Crippen LogP contribution in [-0.2, 0) is 9.47 Å². The van der Waals surface area contributed by atoms with Crippen molar-refractivity contribution < 1.29 is 14.3 Å². The van der Waals surface area contributed by atoms with Gasteiger partial charge in [0.1, 0.15) is 6.61 Å². The molecule has 0 aromatic carbocycles. The molecule has 0 aliphatic heterocycles. The Kier molecular flexibility index (Phi) is 36.7. The van der Waals surface area contributed by atoms with Gasteiger partial charge in [0.25, 0.3) is 0 Å². The maximum Gasteiger partial charge on any atom is 0.404 e. The lowest BCUT2D eigenvalue weighted by Crippen LogP contribution is -2.25. The Morgan fingerprint density at radius 1 is 0.442 bits per heavy atom. The fourth-order valence-electron chi connectivity index (χ4n) is 6.21. The first-order valence-corrected chi connectivity index (χ1v) is 19.7. The molecule has 2 N–H and O–H groups in total. The van der Waals surface area contributed by atoms with Crippen LogP contribution in [0.25, 0.3) is 0 Å². The molecule has 0 aromatic rings. The lowest BCUT2D eigenvalue weighted by Gasteiger charge is -2.17. The highest BCUT2D eigenvalue weighted by molar-refractivity contribution is 5.64. The molecule has 0 aliphatic rings. The average molecular weight is 610 g/mol. The smallest absolute Gasteiger partial charge is 0.404 e. The fraction of sp³-hybridized carbons (Fsp3) is 0.974. The topological polar surface area (TPSA) is 61.6 Å². The van der Waals surface area contributed by atoms with Crippen molar-refractivity contribution in [2.45, 2.75) is 232 Å². The first kappa shape index (κ1) is 42.2.